The first-order valence-corrected chi connectivity index (χ1v) is 7.25. The van der Waals surface area contributed by atoms with Gasteiger partial charge in [0.25, 0.3) is 0 Å². The van der Waals surface area contributed by atoms with Crippen LogP contribution in [-0.2, 0) is 11.2 Å². The topological polar surface area (TPSA) is 65.1 Å². The van der Waals surface area contributed by atoms with Gasteiger partial charge in [0.2, 0.25) is 5.91 Å². The van der Waals surface area contributed by atoms with Crippen molar-refractivity contribution in [2.45, 2.75) is 44.2 Å². The first kappa shape index (κ1) is 13.2. The van der Waals surface area contributed by atoms with Crippen LogP contribution in [0.2, 0.25) is 0 Å². The predicted molar refractivity (Wildman–Crippen MR) is 78.4 cm³/mol. The van der Waals surface area contributed by atoms with Crippen LogP contribution >= 0.6 is 0 Å². The third-order valence-electron chi connectivity index (χ3n) is 4.09. The fraction of sp³-hybridized carbons (Fsp3) is 0.438. The third-order valence-corrected chi connectivity index (χ3v) is 4.09. The summed E-state index contributed by atoms with van der Waals surface area (Å²) in [4.78, 5) is 15.3. The molecule has 106 valence electrons. The molecule has 1 heterocycles. The number of aliphatic hydroxyl groups is 1. The highest BCUT2D eigenvalue weighted by Gasteiger charge is 2.21. The summed E-state index contributed by atoms with van der Waals surface area (Å²) in [6, 6.07) is 8.23. The Hall–Kier alpha value is -1.81. The van der Waals surface area contributed by atoms with E-state index in [9.17, 15) is 9.90 Å². The molecule has 1 amide bonds. The summed E-state index contributed by atoms with van der Waals surface area (Å²) >= 11 is 0. The Kier molecular flexibility index (Phi) is 3.74. The second kappa shape index (κ2) is 5.67. The van der Waals surface area contributed by atoms with Gasteiger partial charge in [-0.25, -0.2) is 0 Å². The maximum absolute atomic E-state index is 12.1. The summed E-state index contributed by atoms with van der Waals surface area (Å²) in [6.07, 6.45) is 5.46. The van der Waals surface area contributed by atoms with E-state index in [0.717, 1.165) is 42.1 Å². The molecule has 0 saturated heterocycles. The number of H-pyrrole nitrogens is 1. The van der Waals surface area contributed by atoms with E-state index in [4.69, 9.17) is 0 Å². The number of aromatic amines is 1. The van der Waals surface area contributed by atoms with Crippen LogP contribution < -0.4 is 5.32 Å². The number of carbonyl (C=O) groups excluding carboxylic acids is 1. The molecule has 0 bridgehead atoms. The van der Waals surface area contributed by atoms with Crippen LogP contribution in [0.5, 0.6) is 0 Å². The molecule has 1 aliphatic rings. The van der Waals surface area contributed by atoms with E-state index in [1.165, 1.54) is 0 Å². The van der Waals surface area contributed by atoms with Gasteiger partial charge in [0.15, 0.2) is 0 Å². The Balaban J connectivity index is 1.61. The van der Waals surface area contributed by atoms with E-state index in [2.05, 4.69) is 10.3 Å². The first-order valence-electron chi connectivity index (χ1n) is 7.25. The molecule has 2 aromatic rings. The number of nitrogens with one attached hydrogen (secondary N) is 2. The largest absolute Gasteiger partial charge is 0.393 e. The second-order valence-corrected chi connectivity index (χ2v) is 5.61. The summed E-state index contributed by atoms with van der Waals surface area (Å²) in [7, 11) is 0. The molecule has 1 saturated carbocycles. The fourth-order valence-corrected chi connectivity index (χ4v) is 2.95. The number of amides is 1. The van der Waals surface area contributed by atoms with E-state index >= 15 is 0 Å². The van der Waals surface area contributed by atoms with Crippen LogP contribution in [0.25, 0.3) is 10.9 Å². The average molecular weight is 272 g/mol. The lowest BCUT2D eigenvalue weighted by Crippen LogP contribution is -2.39. The van der Waals surface area contributed by atoms with Gasteiger partial charge in [-0.05, 0) is 37.3 Å². The lowest BCUT2D eigenvalue weighted by Gasteiger charge is -2.26. The molecular weight excluding hydrogens is 252 g/mol. The molecular formula is C16H20N2O2. The number of para-hydroxylation sites is 1. The SMILES string of the molecule is O=C(Cc1c[nH]c2ccccc12)NC1CCC(O)CC1. The van der Waals surface area contributed by atoms with Crippen molar-refractivity contribution in [3.8, 4) is 0 Å². The van der Waals surface area contributed by atoms with E-state index < -0.39 is 0 Å². The molecule has 1 aromatic heterocycles. The summed E-state index contributed by atoms with van der Waals surface area (Å²) in [5.41, 5.74) is 2.10. The highest BCUT2D eigenvalue weighted by Crippen LogP contribution is 2.20. The predicted octanol–water partition coefficient (Wildman–Crippen LogP) is 2.13. The Morgan fingerprint density at radius 3 is 2.80 bits per heavy atom. The Labute approximate surface area is 118 Å². The van der Waals surface area contributed by atoms with Gasteiger partial charge in [-0.1, -0.05) is 18.2 Å². The number of aliphatic hydroxyl groups excluding tert-OH is 1. The molecule has 3 rings (SSSR count). The van der Waals surface area contributed by atoms with E-state index in [-0.39, 0.29) is 18.1 Å². The number of fused-ring (bicyclic) bond motifs is 1. The molecule has 4 nitrogen and oxygen atoms in total. The molecule has 4 heteroatoms. The van der Waals surface area contributed by atoms with Gasteiger partial charge in [-0.3, -0.25) is 4.79 Å². The van der Waals surface area contributed by atoms with Crippen molar-refractivity contribution in [2.24, 2.45) is 0 Å². The molecule has 0 atom stereocenters. The highest BCUT2D eigenvalue weighted by atomic mass is 16.3. The molecule has 1 aromatic carbocycles. The van der Waals surface area contributed by atoms with Gasteiger partial charge in [0.1, 0.15) is 0 Å². The Bertz CT molecular complexity index is 597. The summed E-state index contributed by atoms with van der Waals surface area (Å²) in [6.45, 7) is 0. The number of rotatable bonds is 3. The molecule has 0 unspecified atom stereocenters. The Morgan fingerprint density at radius 1 is 1.25 bits per heavy atom. The maximum Gasteiger partial charge on any atom is 0.224 e. The molecule has 0 aliphatic heterocycles. The van der Waals surface area contributed by atoms with Crippen molar-refractivity contribution in [3.05, 3.63) is 36.0 Å². The van der Waals surface area contributed by atoms with Crippen LogP contribution in [-0.4, -0.2) is 28.1 Å². The van der Waals surface area contributed by atoms with Gasteiger partial charge in [-0.15, -0.1) is 0 Å². The van der Waals surface area contributed by atoms with Crippen molar-refractivity contribution < 1.29 is 9.90 Å². The van der Waals surface area contributed by atoms with E-state index in [0.29, 0.717) is 6.42 Å². The van der Waals surface area contributed by atoms with Crippen molar-refractivity contribution >= 4 is 16.8 Å². The quantitative estimate of drug-likeness (QED) is 0.801. The zero-order chi connectivity index (χ0) is 13.9. The lowest BCUT2D eigenvalue weighted by molar-refractivity contribution is -0.121. The average Bonchev–Trinajstić information content (AvgIpc) is 2.85. The second-order valence-electron chi connectivity index (χ2n) is 5.61. The van der Waals surface area contributed by atoms with Crippen molar-refractivity contribution in [3.63, 3.8) is 0 Å². The van der Waals surface area contributed by atoms with E-state index in [1.54, 1.807) is 0 Å². The number of hydrogen-bond donors (Lipinski definition) is 3. The minimum Gasteiger partial charge on any atom is -0.393 e. The van der Waals surface area contributed by atoms with E-state index in [1.807, 2.05) is 30.5 Å². The Morgan fingerprint density at radius 2 is 2.00 bits per heavy atom. The van der Waals surface area contributed by atoms with Crippen LogP contribution in [0, 0.1) is 0 Å². The minimum atomic E-state index is -0.184. The molecule has 1 aliphatic carbocycles. The van der Waals surface area contributed by atoms with Gasteiger partial charge in [0, 0.05) is 23.1 Å². The lowest BCUT2D eigenvalue weighted by atomic mass is 9.93. The highest BCUT2D eigenvalue weighted by molar-refractivity contribution is 5.88. The first-order chi connectivity index (χ1) is 9.72. The smallest absolute Gasteiger partial charge is 0.224 e. The molecule has 3 N–H and O–H groups in total. The zero-order valence-electron chi connectivity index (χ0n) is 11.4. The third kappa shape index (κ3) is 2.85. The minimum absolute atomic E-state index is 0.0659. The van der Waals surface area contributed by atoms with Gasteiger partial charge in [0.05, 0.1) is 12.5 Å². The van der Waals surface area contributed by atoms with Crippen molar-refractivity contribution in [1.82, 2.24) is 10.3 Å². The van der Waals surface area contributed by atoms with Gasteiger partial charge < -0.3 is 15.4 Å². The molecule has 0 spiro atoms. The standard InChI is InChI=1S/C16H20N2O2/c19-13-7-5-12(6-8-13)18-16(20)9-11-10-17-15-4-2-1-3-14(11)15/h1-4,10,12-13,17,19H,5-9H2,(H,18,20). The van der Waals surface area contributed by atoms with Crippen molar-refractivity contribution in [2.75, 3.05) is 0 Å². The van der Waals surface area contributed by atoms with Crippen LogP contribution in [0.3, 0.4) is 0 Å². The summed E-state index contributed by atoms with van der Waals surface area (Å²) in [5.74, 6) is 0.0659. The monoisotopic (exact) mass is 272 g/mol. The summed E-state index contributed by atoms with van der Waals surface area (Å²) in [5, 5.41) is 13.7. The number of benzene rings is 1. The number of aromatic nitrogens is 1. The number of carbonyl (C=O) groups is 1. The van der Waals surface area contributed by atoms with Crippen LogP contribution in [0.1, 0.15) is 31.2 Å². The fourth-order valence-electron chi connectivity index (χ4n) is 2.95. The van der Waals surface area contributed by atoms with Crippen LogP contribution in [0.15, 0.2) is 30.5 Å². The molecule has 20 heavy (non-hydrogen) atoms. The number of hydrogen-bond acceptors (Lipinski definition) is 2. The maximum atomic E-state index is 12.1. The molecule has 0 radical (unpaired) electrons. The summed E-state index contributed by atoms with van der Waals surface area (Å²) < 4.78 is 0. The molecule has 1 fully saturated rings. The van der Waals surface area contributed by atoms with Crippen molar-refractivity contribution in [1.29, 1.82) is 0 Å². The van der Waals surface area contributed by atoms with Crippen LogP contribution in [0.4, 0.5) is 0 Å². The normalized spacial score (nSPS) is 22.9. The van der Waals surface area contributed by atoms with Gasteiger partial charge in [-0.2, -0.15) is 0 Å². The zero-order valence-corrected chi connectivity index (χ0v) is 11.4. The van der Waals surface area contributed by atoms with Gasteiger partial charge >= 0.3 is 0 Å².